The third kappa shape index (κ3) is 9.58. The highest BCUT2D eigenvalue weighted by atomic mass is 127. The second-order valence-electron chi connectivity index (χ2n) is 9.10. The van der Waals surface area contributed by atoms with Gasteiger partial charge in [-0.15, -0.1) is 24.0 Å². The zero-order valence-electron chi connectivity index (χ0n) is 20.5. The Balaban J connectivity index is 0.00000841. The molecule has 1 aliphatic rings. The molecule has 2 N–H and O–H groups in total. The lowest BCUT2D eigenvalue weighted by atomic mass is 9.93. The molecule has 8 heteroatoms. The van der Waals surface area contributed by atoms with Gasteiger partial charge in [-0.05, 0) is 59.0 Å². The van der Waals surface area contributed by atoms with E-state index in [-0.39, 0.29) is 35.6 Å². The quantitative estimate of drug-likeness (QED) is 0.264. The summed E-state index contributed by atoms with van der Waals surface area (Å²) < 4.78 is 5.48. The number of carbonyl (C=O) groups excluding carboxylic acids is 1. The smallest absolute Gasteiger partial charge is 0.408 e. The number of likely N-dealkylation sites (tertiary alicyclic amines) is 1. The molecule has 1 amide bonds. The highest BCUT2D eigenvalue weighted by molar-refractivity contribution is 14.0. The van der Waals surface area contributed by atoms with E-state index in [9.17, 15) is 4.79 Å². The molecular formula is C22H46IN5O2. The van der Waals surface area contributed by atoms with Crippen LogP contribution in [0.25, 0.3) is 0 Å². The molecule has 0 radical (unpaired) electrons. The minimum atomic E-state index is -0.504. The van der Waals surface area contributed by atoms with Crippen molar-refractivity contribution in [2.75, 3.05) is 46.3 Å². The molecular weight excluding hydrogens is 493 g/mol. The highest BCUT2D eigenvalue weighted by Crippen LogP contribution is 2.19. The van der Waals surface area contributed by atoms with Crippen molar-refractivity contribution >= 4 is 36.0 Å². The Labute approximate surface area is 201 Å². The number of ether oxygens (including phenoxy) is 1. The van der Waals surface area contributed by atoms with E-state index in [1.807, 2.05) is 27.8 Å². The maximum atomic E-state index is 12.4. The van der Waals surface area contributed by atoms with E-state index in [0.717, 1.165) is 51.5 Å². The number of amides is 1. The number of aliphatic imine (C=N–C) groups is 1. The van der Waals surface area contributed by atoms with Gasteiger partial charge in [0.25, 0.3) is 0 Å². The Hall–Kier alpha value is -0.770. The molecule has 0 aromatic rings. The Morgan fingerprint density at radius 3 is 2.23 bits per heavy atom. The van der Waals surface area contributed by atoms with Gasteiger partial charge in [0, 0.05) is 33.2 Å². The van der Waals surface area contributed by atoms with Crippen molar-refractivity contribution in [3.05, 3.63) is 0 Å². The Morgan fingerprint density at radius 1 is 1.17 bits per heavy atom. The van der Waals surface area contributed by atoms with Gasteiger partial charge in [-0.2, -0.15) is 0 Å². The van der Waals surface area contributed by atoms with E-state index < -0.39 is 5.60 Å². The van der Waals surface area contributed by atoms with Gasteiger partial charge in [0.2, 0.25) is 0 Å². The summed E-state index contributed by atoms with van der Waals surface area (Å²) in [6.07, 6.45) is 2.47. The molecule has 1 rings (SSSR count). The second-order valence-corrected chi connectivity index (χ2v) is 9.10. The van der Waals surface area contributed by atoms with Crippen LogP contribution in [0.1, 0.15) is 67.7 Å². The summed E-state index contributed by atoms with van der Waals surface area (Å²) in [7, 11) is 1.83. The second kappa shape index (κ2) is 13.6. The van der Waals surface area contributed by atoms with Crippen LogP contribution in [0, 0.1) is 5.92 Å². The van der Waals surface area contributed by atoms with Crippen LogP contribution < -0.4 is 10.6 Å². The zero-order valence-corrected chi connectivity index (χ0v) is 22.8. The molecule has 0 aromatic carbocycles. The summed E-state index contributed by atoms with van der Waals surface area (Å²) >= 11 is 0. The van der Waals surface area contributed by atoms with Crippen molar-refractivity contribution in [3.8, 4) is 0 Å². The molecule has 0 bridgehead atoms. The minimum Gasteiger partial charge on any atom is -0.444 e. The molecule has 1 saturated heterocycles. The van der Waals surface area contributed by atoms with E-state index in [1.165, 1.54) is 6.42 Å². The van der Waals surface area contributed by atoms with Crippen LogP contribution in [0.15, 0.2) is 4.99 Å². The van der Waals surface area contributed by atoms with E-state index >= 15 is 0 Å². The molecule has 0 spiro atoms. The van der Waals surface area contributed by atoms with Crippen molar-refractivity contribution in [1.29, 1.82) is 0 Å². The molecule has 0 aliphatic carbocycles. The van der Waals surface area contributed by atoms with Gasteiger partial charge in [-0.1, -0.05) is 27.7 Å². The van der Waals surface area contributed by atoms with E-state index in [2.05, 4.69) is 53.1 Å². The van der Waals surface area contributed by atoms with Crippen LogP contribution in [-0.2, 0) is 4.74 Å². The summed E-state index contributed by atoms with van der Waals surface area (Å²) in [6.45, 7) is 20.3. The first-order valence-corrected chi connectivity index (χ1v) is 11.3. The number of rotatable bonds is 9. The first-order valence-electron chi connectivity index (χ1n) is 11.3. The van der Waals surface area contributed by atoms with Gasteiger partial charge in [0.05, 0.1) is 5.54 Å². The molecule has 7 nitrogen and oxygen atoms in total. The van der Waals surface area contributed by atoms with Gasteiger partial charge in [0.15, 0.2) is 5.96 Å². The molecule has 1 fully saturated rings. The average Bonchev–Trinajstić information content (AvgIpc) is 3.12. The molecule has 1 unspecified atom stereocenters. The molecule has 0 saturated carbocycles. The lowest BCUT2D eigenvalue weighted by Crippen LogP contribution is -2.57. The number of carbonyl (C=O) groups is 1. The van der Waals surface area contributed by atoms with Crippen LogP contribution in [0.3, 0.4) is 0 Å². The lowest BCUT2D eigenvalue weighted by molar-refractivity contribution is 0.0448. The minimum absolute atomic E-state index is 0. The zero-order chi connectivity index (χ0) is 22.1. The van der Waals surface area contributed by atoms with Gasteiger partial charge >= 0.3 is 6.09 Å². The maximum absolute atomic E-state index is 12.4. The summed E-state index contributed by atoms with van der Waals surface area (Å²) in [6, 6.07) is 0. The van der Waals surface area contributed by atoms with Crippen molar-refractivity contribution < 1.29 is 9.53 Å². The predicted molar refractivity (Wildman–Crippen MR) is 137 cm³/mol. The summed E-state index contributed by atoms with van der Waals surface area (Å²) in [4.78, 5) is 21.7. The van der Waals surface area contributed by atoms with Gasteiger partial charge in [-0.25, -0.2) is 4.79 Å². The lowest BCUT2D eigenvalue weighted by Gasteiger charge is -2.35. The first-order chi connectivity index (χ1) is 13.6. The van der Waals surface area contributed by atoms with Crippen LogP contribution in [0.5, 0.6) is 0 Å². The maximum Gasteiger partial charge on any atom is 0.408 e. The van der Waals surface area contributed by atoms with Crippen LogP contribution in [-0.4, -0.2) is 79.3 Å². The van der Waals surface area contributed by atoms with Crippen LogP contribution in [0.4, 0.5) is 4.79 Å². The number of guanidine groups is 1. The fraction of sp³-hybridized carbons (Fsp3) is 0.909. The summed E-state index contributed by atoms with van der Waals surface area (Å²) in [5.74, 6) is 1.60. The van der Waals surface area contributed by atoms with Crippen molar-refractivity contribution in [1.82, 2.24) is 20.4 Å². The predicted octanol–water partition coefficient (Wildman–Crippen LogP) is 3.93. The number of alkyl carbamates (subject to hydrolysis) is 1. The number of hydrogen-bond donors (Lipinski definition) is 2. The van der Waals surface area contributed by atoms with E-state index in [0.29, 0.717) is 12.5 Å². The SMILES string of the molecule is CCN(CC)CC1CCN(C(=NC)NCC(CC)(CC)NC(=O)OC(C)(C)C)C1.I. The van der Waals surface area contributed by atoms with E-state index in [4.69, 9.17) is 4.74 Å². The van der Waals surface area contributed by atoms with Gasteiger partial charge in [0.1, 0.15) is 5.60 Å². The summed E-state index contributed by atoms with van der Waals surface area (Å²) in [5, 5.41) is 6.62. The van der Waals surface area contributed by atoms with Crippen molar-refractivity contribution in [2.24, 2.45) is 10.9 Å². The van der Waals surface area contributed by atoms with Crippen LogP contribution >= 0.6 is 24.0 Å². The van der Waals surface area contributed by atoms with Gasteiger partial charge in [-0.3, -0.25) is 4.99 Å². The standard InChI is InChI=1S/C22H45N5O2.HI/c1-9-22(10-2,25-20(28)29-21(5,6)7)17-24-19(23-8)27-14-13-18(16-27)15-26(11-3)12-4;/h18H,9-17H2,1-8H3,(H,23,24)(H,25,28);1H. The van der Waals surface area contributed by atoms with Crippen molar-refractivity contribution in [3.63, 3.8) is 0 Å². The molecule has 178 valence electrons. The van der Waals surface area contributed by atoms with E-state index in [1.54, 1.807) is 0 Å². The molecule has 1 atom stereocenters. The number of nitrogens with zero attached hydrogens (tertiary/aromatic N) is 3. The number of halogens is 1. The Bertz CT molecular complexity index is 528. The molecule has 1 heterocycles. The van der Waals surface area contributed by atoms with Crippen LogP contribution in [0.2, 0.25) is 0 Å². The fourth-order valence-corrected chi connectivity index (χ4v) is 3.84. The van der Waals surface area contributed by atoms with Gasteiger partial charge < -0.3 is 25.2 Å². The van der Waals surface area contributed by atoms with Crippen molar-refractivity contribution in [2.45, 2.75) is 78.9 Å². The fourth-order valence-electron chi connectivity index (χ4n) is 3.84. The normalized spacial score (nSPS) is 17.7. The highest BCUT2D eigenvalue weighted by Gasteiger charge is 2.32. The topological polar surface area (TPSA) is 69.2 Å². The molecule has 1 aliphatic heterocycles. The molecule has 30 heavy (non-hydrogen) atoms. The summed E-state index contributed by atoms with van der Waals surface area (Å²) in [5.41, 5.74) is -0.866. The number of nitrogens with one attached hydrogen (secondary N) is 2. The molecule has 0 aromatic heterocycles. The third-order valence-corrected chi connectivity index (χ3v) is 5.91. The third-order valence-electron chi connectivity index (χ3n) is 5.91. The monoisotopic (exact) mass is 539 g/mol. The largest absolute Gasteiger partial charge is 0.444 e. The average molecular weight is 540 g/mol. The number of hydrogen-bond acceptors (Lipinski definition) is 4. The Morgan fingerprint density at radius 2 is 1.77 bits per heavy atom. The Kier molecular flexibility index (Phi) is 13.3. The first kappa shape index (κ1) is 29.2.